The SMILES string of the molecule is Clc1sc(CNc2ccccc2-n2cncn2)cc1Br. The number of nitrogens with zero attached hydrogens (tertiary/aromatic N) is 3. The monoisotopic (exact) mass is 368 g/mol. The average Bonchev–Trinajstić information content (AvgIpc) is 3.08. The molecule has 2 aromatic heterocycles. The Kier molecular flexibility index (Phi) is 4.05. The van der Waals surface area contributed by atoms with Gasteiger partial charge < -0.3 is 5.32 Å². The van der Waals surface area contributed by atoms with Crippen LogP contribution in [0.1, 0.15) is 4.88 Å². The fraction of sp³-hybridized carbons (Fsp3) is 0.0769. The van der Waals surface area contributed by atoms with Crippen molar-refractivity contribution in [2.75, 3.05) is 5.32 Å². The van der Waals surface area contributed by atoms with E-state index in [1.54, 1.807) is 22.3 Å². The van der Waals surface area contributed by atoms with Gasteiger partial charge >= 0.3 is 0 Å². The Morgan fingerprint density at radius 2 is 2.20 bits per heavy atom. The zero-order chi connectivity index (χ0) is 13.9. The predicted octanol–water partition coefficient (Wildman–Crippen LogP) is 4.36. The van der Waals surface area contributed by atoms with Gasteiger partial charge in [0.1, 0.15) is 17.0 Å². The summed E-state index contributed by atoms with van der Waals surface area (Å²) >= 11 is 11.0. The smallest absolute Gasteiger partial charge is 0.138 e. The van der Waals surface area contributed by atoms with E-state index in [0.29, 0.717) is 6.54 Å². The highest BCUT2D eigenvalue weighted by molar-refractivity contribution is 9.10. The molecule has 0 unspecified atom stereocenters. The Balaban J connectivity index is 1.81. The molecule has 0 radical (unpaired) electrons. The van der Waals surface area contributed by atoms with E-state index in [1.807, 2.05) is 30.3 Å². The molecule has 0 saturated carbocycles. The van der Waals surface area contributed by atoms with Crippen molar-refractivity contribution in [3.8, 4) is 5.69 Å². The van der Waals surface area contributed by atoms with Gasteiger partial charge in [0.15, 0.2) is 0 Å². The van der Waals surface area contributed by atoms with Crippen molar-refractivity contribution in [2.24, 2.45) is 0 Å². The molecule has 0 aliphatic rings. The Bertz CT molecular complexity index is 691. The van der Waals surface area contributed by atoms with Gasteiger partial charge in [0.25, 0.3) is 0 Å². The third-order valence-electron chi connectivity index (χ3n) is 2.72. The summed E-state index contributed by atoms with van der Waals surface area (Å²) in [6, 6.07) is 9.99. The van der Waals surface area contributed by atoms with Gasteiger partial charge in [-0.2, -0.15) is 5.10 Å². The van der Waals surface area contributed by atoms with E-state index in [4.69, 9.17) is 11.6 Å². The van der Waals surface area contributed by atoms with Gasteiger partial charge in [0.2, 0.25) is 0 Å². The number of thiophene rings is 1. The summed E-state index contributed by atoms with van der Waals surface area (Å²) in [6.07, 6.45) is 3.20. The Labute approximate surface area is 133 Å². The summed E-state index contributed by atoms with van der Waals surface area (Å²) in [5, 5.41) is 7.56. The number of para-hydroxylation sites is 2. The van der Waals surface area contributed by atoms with Gasteiger partial charge in [-0.15, -0.1) is 11.3 Å². The number of hydrogen-bond donors (Lipinski definition) is 1. The Morgan fingerprint density at radius 1 is 1.35 bits per heavy atom. The lowest BCUT2D eigenvalue weighted by atomic mass is 10.2. The molecule has 0 saturated heterocycles. The molecule has 7 heteroatoms. The lowest BCUT2D eigenvalue weighted by molar-refractivity contribution is 0.878. The number of nitrogens with one attached hydrogen (secondary N) is 1. The third kappa shape index (κ3) is 2.87. The van der Waals surface area contributed by atoms with Crippen molar-refractivity contribution in [3.63, 3.8) is 0 Å². The van der Waals surface area contributed by atoms with E-state index in [-0.39, 0.29) is 0 Å². The van der Waals surface area contributed by atoms with Crippen molar-refractivity contribution < 1.29 is 0 Å². The van der Waals surface area contributed by atoms with Crippen LogP contribution in [-0.4, -0.2) is 14.8 Å². The van der Waals surface area contributed by atoms with Crippen molar-refractivity contribution in [1.82, 2.24) is 14.8 Å². The quantitative estimate of drug-likeness (QED) is 0.743. The van der Waals surface area contributed by atoms with Crippen LogP contribution in [0.2, 0.25) is 4.34 Å². The van der Waals surface area contributed by atoms with Gasteiger partial charge in [0, 0.05) is 15.9 Å². The second kappa shape index (κ2) is 5.95. The topological polar surface area (TPSA) is 42.7 Å². The summed E-state index contributed by atoms with van der Waals surface area (Å²) in [5.41, 5.74) is 1.96. The largest absolute Gasteiger partial charge is 0.378 e. The van der Waals surface area contributed by atoms with Gasteiger partial charge in [-0.3, -0.25) is 0 Å². The van der Waals surface area contributed by atoms with Crippen molar-refractivity contribution in [1.29, 1.82) is 0 Å². The molecule has 3 aromatic rings. The molecule has 4 nitrogen and oxygen atoms in total. The maximum absolute atomic E-state index is 6.05. The molecule has 1 aromatic carbocycles. The van der Waals surface area contributed by atoms with E-state index >= 15 is 0 Å². The summed E-state index contributed by atoms with van der Waals surface area (Å²) in [5.74, 6) is 0. The summed E-state index contributed by atoms with van der Waals surface area (Å²) < 4.78 is 3.44. The Hall–Kier alpha value is -1.37. The van der Waals surface area contributed by atoms with Crippen LogP contribution in [-0.2, 0) is 6.54 Å². The number of rotatable bonds is 4. The second-order valence-electron chi connectivity index (χ2n) is 4.05. The maximum Gasteiger partial charge on any atom is 0.138 e. The van der Waals surface area contributed by atoms with E-state index in [9.17, 15) is 0 Å². The van der Waals surface area contributed by atoms with Crippen molar-refractivity contribution >= 4 is 44.6 Å². The first kappa shape index (κ1) is 13.6. The molecular formula is C13H10BrClN4S. The predicted molar refractivity (Wildman–Crippen MR) is 85.7 cm³/mol. The fourth-order valence-corrected chi connectivity index (χ4v) is 3.55. The van der Waals surface area contributed by atoms with Crippen LogP contribution in [0.25, 0.3) is 5.69 Å². The lowest BCUT2D eigenvalue weighted by Gasteiger charge is -2.10. The van der Waals surface area contributed by atoms with Crippen LogP contribution in [0.5, 0.6) is 0 Å². The van der Waals surface area contributed by atoms with E-state index in [2.05, 4.69) is 31.3 Å². The molecule has 3 rings (SSSR count). The zero-order valence-electron chi connectivity index (χ0n) is 10.3. The molecule has 0 atom stereocenters. The molecule has 1 N–H and O–H groups in total. The standard InChI is InChI=1S/C13H10BrClN4S/c14-10-5-9(20-13(10)15)6-17-11-3-1-2-4-12(11)19-8-16-7-18-19/h1-5,7-8,17H,6H2. The Morgan fingerprint density at radius 3 is 2.90 bits per heavy atom. The lowest BCUT2D eigenvalue weighted by Crippen LogP contribution is -2.03. The van der Waals surface area contributed by atoms with Crippen LogP contribution in [0, 0.1) is 0 Å². The first-order valence-corrected chi connectivity index (χ1v) is 7.84. The van der Waals surface area contributed by atoms with Crippen LogP contribution in [0.15, 0.2) is 47.5 Å². The number of halogens is 2. The van der Waals surface area contributed by atoms with Crippen LogP contribution in [0.4, 0.5) is 5.69 Å². The molecule has 2 heterocycles. The number of benzene rings is 1. The molecule has 0 spiro atoms. The number of aromatic nitrogens is 3. The van der Waals surface area contributed by atoms with E-state index < -0.39 is 0 Å². The first-order chi connectivity index (χ1) is 9.74. The van der Waals surface area contributed by atoms with E-state index in [1.165, 1.54) is 6.33 Å². The minimum absolute atomic E-state index is 0.710. The van der Waals surface area contributed by atoms with Gasteiger partial charge in [-0.25, -0.2) is 9.67 Å². The van der Waals surface area contributed by atoms with Gasteiger partial charge in [-0.05, 0) is 34.1 Å². The molecule has 0 aliphatic heterocycles. The highest BCUT2D eigenvalue weighted by atomic mass is 79.9. The summed E-state index contributed by atoms with van der Waals surface area (Å²) in [6.45, 7) is 0.710. The molecule has 20 heavy (non-hydrogen) atoms. The molecule has 102 valence electrons. The van der Waals surface area contributed by atoms with Crippen molar-refractivity contribution in [3.05, 3.63) is 56.7 Å². The normalized spacial score (nSPS) is 10.7. The van der Waals surface area contributed by atoms with Gasteiger partial charge in [0.05, 0.1) is 11.4 Å². The third-order valence-corrected chi connectivity index (χ3v) is 5.19. The minimum atomic E-state index is 0.710. The highest BCUT2D eigenvalue weighted by Gasteiger charge is 2.07. The summed E-state index contributed by atoms with van der Waals surface area (Å²) in [4.78, 5) is 5.14. The van der Waals surface area contributed by atoms with Crippen LogP contribution in [0.3, 0.4) is 0 Å². The van der Waals surface area contributed by atoms with Crippen LogP contribution >= 0.6 is 38.9 Å². The second-order valence-corrected chi connectivity index (χ2v) is 6.64. The zero-order valence-corrected chi connectivity index (χ0v) is 13.4. The highest BCUT2D eigenvalue weighted by Crippen LogP contribution is 2.32. The average molecular weight is 370 g/mol. The summed E-state index contributed by atoms with van der Waals surface area (Å²) in [7, 11) is 0. The van der Waals surface area contributed by atoms with Crippen LogP contribution < -0.4 is 5.32 Å². The first-order valence-electron chi connectivity index (χ1n) is 5.85. The van der Waals surface area contributed by atoms with Crippen molar-refractivity contribution in [2.45, 2.75) is 6.54 Å². The molecular weight excluding hydrogens is 360 g/mol. The molecule has 0 fully saturated rings. The number of hydrogen-bond acceptors (Lipinski definition) is 4. The maximum atomic E-state index is 6.05. The molecule has 0 amide bonds. The van der Waals surface area contributed by atoms with Gasteiger partial charge in [-0.1, -0.05) is 23.7 Å². The molecule has 0 aliphatic carbocycles. The minimum Gasteiger partial charge on any atom is -0.378 e. The van der Waals surface area contributed by atoms with E-state index in [0.717, 1.165) is 25.1 Å². The number of anilines is 1. The molecule has 0 bridgehead atoms. The fourth-order valence-electron chi connectivity index (χ4n) is 1.82.